The Bertz CT molecular complexity index is 224. The van der Waals surface area contributed by atoms with Crippen LogP contribution in [0.25, 0.3) is 0 Å². The Morgan fingerprint density at radius 1 is 1.29 bits per heavy atom. The molecule has 0 amide bonds. The van der Waals surface area contributed by atoms with Gasteiger partial charge in [0.2, 0.25) is 0 Å². The fraction of sp³-hybridized carbons (Fsp3) is 0.917. The summed E-state index contributed by atoms with van der Waals surface area (Å²) in [6, 6.07) is 0. The summed E-state index contributed by atoms with van der Waals surface area (Å²) < 4.78 is 5.45. The summed E-state index contributed by atoms with van der Waals surface area (Å²) >= 11 is 0. The van der Waals surface area contributed by atoms with E-state index in [4.69, 9.17) is 4.74 Å². The quantitative estimate of drug-likeness (QED) is 0.644. The summed E-state index contributed by atoms with van der Waals surface area (Å²) in [7, 11) is 1.78. The van der Waals surface area contributed by atoms with Crippen molar-refractivity contribution in [2.24, 2.45) is 5.41 Å². The van der Waals surface area contributed by atoms with Crippen molar-refractivity contribution in [2.45, 2.75) is 57.5 Å². The molecule has 2 nitrogen and oxygen atoms in total. The molecule has 0 aliphatic heterocycles. The highest BCUT2D eigenvalue weighted by molar-refractivity contribution is 5.86. The van der Waals surface area contributed by atoms with Crippen LogP contribution in [-0.4, -0.2) is 19.0 Å². The number of carbonyl (C=O) groups excluding carboxylic acids is 1. The molecule has 2 aliphatic carbocycles. The third-order valence-electron chi connectivity index (χ3n) is 4.03. The first kappa shape index (κ1) is 10.2. The molecule has 0 heterocycles. The summed E-state index contributed by atoms with van der Waals surface area (Å²) in [4.78, 5) is 11.9. The van der Waals surface area contributed by atoms with Crippen LogP contribution >= 0.6 is 0 Å². The molecule has 0 N–H and O–H groups in total. The van der Waals surface area contributed by atoms with E-state index in [1.54, 1.807) is 7.11 Å². The summed E-state index contributed by atoms with van der Waals surface area (Å²) in [6.45, 7) is 0. The van der Waals surface area contributed by atoms with Crippen LogP contribution in [0, 0.1) is 5.41 Å². The molecule has 0 unspecified atom stereocenters. The molecule has 2 saturated carbocycles. The SMILES string of the molecule is CO[C@H]1CCCC[C@]2(CCCC2=O)C1. The van der Waals surface area contributed by atoms with Gasteiger partial charge < -0.3 is 4.74 Å². The van der Waals surface area contributed by atoms with Gasteiger partial charge in [-0.1, -0.05) is 12.8 Å². The smallest absolute Gasteiger partial charge is 0.139 e. The fourth-order valence-corrected chi connectivity index (χ4v) is 3.15. The molecule has 2 rings (SSSR count). The van der Waals surface area contributed by atoms with E-state index in [2.05, 4.69) is 0 Å². The minimum absolute atomic E-state index is 0.0250. The second-order valence-corrected chi connectivity index (χ2v) is 4.86. The van der Waals surface area contributed by atoms with Gasteiger partial charge in [0.15, 0.2) is 0 Å². The standard InChI is InChI=1S/C12H20O2/c1-14-10-5-2-3-7-12(9-10)8-4-6-11(12)13/h10H,2-9H2,1H3/t10-,12-/m0/s1. The number of Topliss-reactive ketones (excluding diaryl/α,β-unsaturated/α-hetero) is 1. The first-order valence-corrected chi connectivity index (χ1v) is 5.83. The zero-order valence-corrected chi connectivity index (χ0v) is 9.05. The second-order valence-electron chi connectivity index (χ2n) is 4.86. The maximum atomic E-state index is 11.9. The Morgan fingerprint density at radius 2 is 2.07 bits per heavy atom. The van der Waals surface area contributed by atoms with Gasteiger partial charge in [-0.05, 0) is 32.1 Å². The molecular weight excluding hydrogens is 176 g/mol. The highest BCUT2D eigenvalue weighted by Crippen LogP contribution is 2.45. The molecule has 2 heteroatoms. The molecule has 80 valence electrons. The molecular formula is C12H20O2. The first-order valence-electron chi connectivity index (χ1n) is 5.83. The van der Waals surface area contributed by atoms with E-state index in [-0.39, 0.29) is 5.41 Å². The van der Waals surface area contributed by atoms with Gasteiger partial charge in [0.1, 0.15) is 5.78 Å². The number of methoxy groups -OCH3 is 1. The molecule has 0 aromatic carbocycles. The molecule has 14 heavy (non-hydrogen) atoms. The molecule has 2 fully saturated rings. The number of ketones is 1. The van der Waals surface area contributed by atoms with Gasteiger partial charge in [-0.25, -0.2) is 0 Å². The molecule has 2 aliphatic rings. The zero-order valence-electron chi connectivity index (χ0n) is 9.05. The van der Waals surface area contributed by atoms with Gasteiger partial charge in [0, 0.05) is 18.9 Å². The highest BCUT2D eigenvalue weighted by Gasteiger charge is 2.43. The van der Waals surface area contributed by atoms with Crippen molar-refractivity contribution >= 4 is 5.78 Å². The summed E-state index contributed by atoms with van der Waals surface area (Å²) in [5.41, 5.74) is 0.0250. The van der Waals surface area contributed by atoms with E-state index in [1.807, 2.05) is 0 Å². The van der Waals surface area contributed by atoms with Crippen molar-refractivity contribution in [3.05, 3.63) is 0 Å². The van der Waals surface area contributed by atoms with E-state index < -0.39 is 0 Å². The van der Waals surface area contributed by atoms with Crippen molar-refractivity contribution in [3.8, 4) is 0 Å². The van der Waals surface area contributed by atoms with Gasteiger partial charge in [-0.3, -0.25) is 4.79 Å². The number of ether oxygens (including phenoxy) is 1. The molecule has 0 radical (unpaired) electrons. The number of carbonyl (C=O) groups is 1. The lowest BCUT2D eigenvalue weighted by atomic mass is 9.77. The van der Waals surface area contributed by atoms with E-state index in [0.29, 0.717) is 11.9 Å². The van der Waals surface area contributed by atoms with Crippen LogP contribution < -0.4 is 0 Å². The lowest BCUT2D eigenvalue weighted by molar-refractivity contribution is -0.127. The molecule has 0 aromatic rings. The second kappa shape index (κ2) is 4.01. The predicted octanol–water partition coefficient (Wildman–Crippen LogP) is 2.70. The Labute approximate surface area is 86.0 Å². The fourth-order valence-electron chi connectivity index (χ4n) is 3.15. The first-order chi connectivity index (χ1) is 6.77. The zero-order chi connectivity index (χ0) is 10.0. The minimum atomic E-state index is 0.0250. The highest BCUT2D eigenvalue weighted by atomic mass is 16.5. The van der Waals surface area contributed by atoms with Gasteiger partial charge >= 0.3 is 0 Å². The van der Waals surface area contributed by atoms with E-state index in [1.165, 1.54) is 12.8 Å². The van der Waals surface area contributed by atoms with E-state index in [9.17, 15) is 4.79 Å². The average molecular weight is 196 g/mol. The normalized spacial score (nSPS) is 38.9. The minimum Gasteiger partial charge on any atom is -0.381 e. The Balaban J connectivity index is 2.12. The van der Waals surface area contributed by atoms with Crippen LogP contribution in [0.5, 0.6) is 0 Å². The van der Waals surface area contributed by atoms with Crippen LogP contribution in [0.4, 0.5) is 0 Å². The third kappa shape index (κ3) is 1.72. The van der Waals surface area contributed by atoms with Gasteiger partial charge in [0.25, 0.3) is 0 Å². The maximum absolute atomic E-state index is 11.9. The van der Waals surface area contributed by atoms with Crippen LogP contribution in [0.1, 0.15) is 51.4 Å². The van der Waals surface area contributed by atoms with Crippen molar-refractivity contribution in [3.63, 3.8) is 0 Å². The number of hydrogen-bond acceptors (Lipinski definition) is 2. The Hall–Kier alpha value is -0.370. The lowest BCUT2D eigenvalue weighted by Crippen LogP contribution is -2.29. The molecule has 0 bridgehead atoms. The Kier molecular flexibility index (Phi) is 2.91. The van der Waals surface area contributed by atoms with Crippen LogP contribution in [0.2, 0.25) is 0 Å². The van der Waals surface area contributed by atoms with Gasteiger partial charge in [-0.15, -0.1) is 0 Å². The average Bonchev–Trinajstić information content (AvgIpc) is 2.43. The Morgan fingerprint density at radius 3 is 2.71 bits per heavy atom. The number of rotatable bonds is 1. The molecule has 0 aromatic heterocycles. The summed E-state index contributed by atoms with van der Waals surface area (Å²) in [5.74, 6) is 0.515. The van der Waals surface area contributed by atoms with Gasteiger partial charge in [0.05, 0.1) is 6.10 Å². The van der Waals surface area contributed by atoms with E-state index >= 15 is 0 Å². The summed E-state index contributed by atoms with van der Waals surface area (Å²) in [6.07, 6.45) is 9.07. The van der Waals surface area contributed by atoms with Crippen LogP contribution in [-0.2, 0) is 9.53 Å². The predicted molar refractivity (Wildman–Crippen MR) is 55.2 cm³/mol. The molecule has 1 spiro atoms. The lowest BCUT2D eigenvalue weighted by Gasteiger charge is -2.28. The monoisotopic (exact) mass is 196 g/mol. The molecule has 0 saturated heterocycles. The van der Waals surface area contributed by atoms with E-state index in [0.717, 1.165) is 38.5 Å². The third-order valence-corrected chi connectivity index (χ3v) is 4.03. The van der Waals surface area contributed by atoms with Crippen molar-refractivity contribution in [1.82, 2.24) is 0 Å². The van der Waals surface area contributed by atoms with Crippen molar-refractivity contribution in [2.75, 3.05) is 7.11 Å². The van der Waals surface area contributed by atoms with Crippen molar-refractivity contribution in [1.29, 1.82) is 0 Å². The van der Waals surface area contributed by atoms with Crippen LogP contribution in [0.3, 0.4) is 0 Å². The largest absolute Gasteiger partial charge is 0.381 e. The number of hydrogen-bond donors (Lipinski definition) is 0. The maximum Gasteiger partial charge on any atom is 0.139 e. The topological polar surface area (TPSA) is 26.3 Å². The van der Waals surface area contributed by atoms with Gasteiger partial charge in [-0.2, -0.15) is 0 Å². The van der Waals surface area contributed by atoms with Crippen molar-refractivity contribution < 1.29 is 9.53 Å². The van der Waals surface area contributed by atoms with Crippen LogP contribution in [0.15, 0.2) is 0 Å². The molecule has 2 atom stereocenters. The summed E-state index contributed by atoms with van der Waals surface area (Å²) in [5, 5.41) is 0.